The highest BCUT2D eigenvalue weighted by atomic mass is 32.3. The smallest absolute Gasteiger partial charge is 0.245 e. The summed E-state index contributed by atoms with van der Waals surface area (Å²) in [6.07, 6.45) is 0. The Labute approximate surface area is 62.5 Å². The Morgan fingerprint density at radius 2 is 1.73 bits per heavy atom. The van der Waals surface area contributed by atoms with Crippen molar-refractivity contribution in [1.82, 2.24) is 9.43 Å². The lowest BCUT2D eigenvalue weighted by molar-refractivity contribution is 0.0823. The van der Waals surface area contributed by atoms with E-state index in [9.17, 15) is 21.6 Å². The molecule has 0 aliphatic carbocycles. The highest BCUT2D eigenvalue weighted by molar-refractivity contribution is 7.84. The summed E-state index contributed by atoms with van der Waals surface area (Å²) in [6.45, 7) is 0. The molecule has 0 unspecified atom stereocenters. The van der Waals surface area contributed by atoms with Crippen LogP contribution in [-0.2, 0) is 10.4 Å². The molecule has 0 N–H and O–H groups in total. The van der Waals surface area contributed by atoms with Gasteiger partial charge in [0.15, 0.2) is 0 Å². The lowest BCUT2D eigenvalue weighted by Crippen LogP contribution is -2.36. The van der Waals surface area contributed by atoms with E-state index in [4.69, 9.17) is 0 Å². The van der Waals surface area contributed by atoms with Crippen molar-refractivity contribution in [3.8, 4) is 0 Å². The van der Waals surface area contributed by atoms with Crippen LogP contribution in [0.4, 0.5) is 13.2 Å². The van der Waals surface area contributed by atoms with Crippen molar-refractivity contribution in [2.24, 2.45) is 0 Å². The zero-order valence-electron chi connectivity index (χ0n) is 5.78. The third kappa shape index (κ3) is 2.66. The molecule has 0 spiro atoms. The van der Waals surface area contributed by atoms with Crippen molar-refractivity contribution in [2.75, 3.05) is 14.1 Å². The molecule has 11 heavy (non-hydrogen) atoms. The predicted molar refractivity (Wildman–Crippen MR) is 32.1 cm³/mol. The SMILES string of the molecule is CN(F)C(=O)N(C)S(=O)(=O)F. The van der Waals surface area contributed by atoms with Gasteiger partial charge >= 0.3 is 16.4 Å². The molecule has 5 nitrogen and oxygen atoms in total. The van der Waals surface area contributed by atoms with E-state index in [0.717, 1.165) is 0 Å². The van der Waals surface area contributed by atoms with Crippen molar-refractivity contribution in [2.45, 2.75) is 0 Å². The fourth-order valence-electron chi connectivity index (χ4n) is 0.287. The maximum atomic E-state index is 11.9. The number of urea groups is 1. The van der Waals surface area contributed by atoms with Gasteiger partial charge in [-0.3, -0.25) is 0 Å². The van der Waals surface area contributed by atoms with E-state index in [-0.39, 0.29) is 4.31 Å². The minimum atomic E-state index is -5.14. The van der Waals surface area contributed by atoms with Crippen LogP contribution in [-0.4, -0.2) is 38.0 Å². The molecule has 2 amide bonds. The third-order valence-electron chi connectivity index (χ3n) is 0.860. The van der Waals surface area contributed by atoms with Gasteiger partial charge in [0.2, 0.25) is 0 Å². The highest BCUT2D eigenvalue weighted by Gasteiger charge is 2.25. The first-order valence-electron chi connectivity index (χ1n) is 2.39. The average molecular weight is 188 g/mol. The number of amides is 2. The van der Waals surface area contributed by atoms with Gasteiger partial charge < -0.3 is 0 Å². The number of halogens is 2. The minimum absolute atomic E-state index is 0.354. The Bertz CT molecular complexity index is 249. The van der Waals surface area contributed by atoms with Crippen LogP contribution in [0.15, 0.2) is 0 Å². The van der Waals surface area contributed by atoms with Crippen LogP contribution in [0.25, 0.3) is 0 Å². The Balaban J connectivity index is 4.53. The fourth-order valence-corrected chi connectivity index (χ4v) is 0.586. The summed E-state index contributed by atoms with van der Waals surface area (Å²) in [5.41, 5.74) is 0. The Kier molecular flexibility index (Phi) is 2.74. The topological polar surface area (TPSA) is 57.7 Å². The predicted octanol–water partition coefficient (Wildman–Crippen LogP) is 0.0688. The van der Waals surface area contributed by atoms with Crippen molar-refractivity contribution in [3.63, 3.8) is 0 Å². The Morgan fingerprint density at radius 1 is 1.36 bits per heavy atom. The van der Waals surface area contributed by atoms with Crippen LogP contribution in [0.5, 0.6) is 0 Å². The molecule has 0 bridgehead atoms. The molecule has 0 heterocycles. The van der Waals surface area contributed by atoms with Gasteiger partial charge in [-0.1, -0.05) is 8.37 Å². The molecule has 0 aromatic rings. The minimum Gasteiger partial charge on any atom is -0.245 e. The molecular weight excluding hydrogens is 182 g/mol. The van der Waals surface area contributed by atoms with Crippen molar-refractivity contribution in [1.29, 1.82) is 0 Å². The first-order valence-corrected chi connectivity index (χ1v) is 3.73. The fraction of sp³-hybridized carbons (Fsp3) is 0.667. The summed E-state index contributed by atoms with van der Waals surface area (Å²) in [6, 6.07) is -1.59. The zero-order valence-corrected chi connectivity index (χ0v) is 6.60. The van der Waals surface area contributed by atoms with Crippen LogP contribution >= 0.6 is 0 Å². The van der Waals surface area contributed by atoms with E-state index in [1.54, 1.807) is 0 Å². The largest absolute Gasteiger partial charge is 0.402 e. The van der Waals surface area contributed by atoms with E-state index in [1.165, 1.54) is 0 Å². The molecule has 0 aromatic heterocycles. The van der Waals surface area contributed by atoms with Crippen molar-refractivity contribution < 1.29 is 21.6 Å². The van der Waals surface area contributed by atoms with Gasteiger partial charge in [0, 0.05) is 14.1 Å². The van der Waals surface area contributed by atoms with Crippen molar-refractivity contribution in [3.05, 3.63) is 0 Å². The summed E-state index contributed by atoms with van der Waals surface area (Å²) < 4.78 is 43.3. The van der Waals surface area contributed by atoms with Crippen LogP contribution in [0.3, 0.4) is 0 Å². The molecule has 0 saturated carbocycles. The molecular formula is C3H6F2N2O3S. The van der Waals surface area contributed by atoms with Gasteiger partial charge in [-0.2, -0.15) is 17.8 Å². The molecule has 0 aliphatic rings. The summed E-state index contributed by atoms with van der Waals surface area (Å²) in [7, 11) is -3.88. The van der Waals surface area contributed by atoms with Gasteiger partial charge in [0.1, 0.15) is 0 Å². The normalized spacial score (nSPS) is 10.9. The molecule has 0 saturated heterocycles. The molecule has 66 valence electrons. The lowest BCUT2D eigenvalue weighted by atomic mass is 10.9. The summed E-state index contributed by atoms with van der Waals surface area (Å²) in [4.78, 5) is 10.3. The number of nitrogens with zero attached hydrogens (tertiary/aromatic N) is 2. The van der Waals surface area contributed by atoms with Gasteiger partial charge in [-0.25, -0.2) is 4.79 Å². The maximum Gasteiger partial charge on any atom is 0.402 e. The quantitative estimate of drug-likeness (QED) is 0.432. The van der Waals surface area contributed by atoms with E-state index in [0.29, 0.717) is 14.1 Å². The number of rotatable bonds is 1. The monoisotopic (exact) mass is 188 g/mol. The van der Waals surface area contributed by atoms with Crippen molar-refractivity contribution >= 4 is 16.4 Å². The van der Waals surface area contributed by atoms with Gasteiger partial charge in [0.25, 0.3) is 0 Å². The lowest BCUT2D eigenvalue weighted by Gasteiger charge is -2.12. The molecule has 0 atom stereocenters. The van der Waals surface area contributed by atoms with Gasteiger partial charge in [0.05, 0.1) is 0 Å². The van der Waals surface area contributed by atoms with Gasteiger partial charge in [-0.15, -0.1) is 0 Å². The van der Waals surface area contributed by atoms with E-state index >= 15 is 0 Å². The van der Waals surface area contributed by atoms with Crippen LogP contribution in [0.1, 0.15) is 0 Å². The number of carbonyl (C=O) groups is 1. The Hall–Kier alpha value is -0.920. The molecule has 0 radical (unpaired) electrons. The van der Waals surface area contributed by atoms with E-state index in [1.807, 2.05) is 0 Å². The molecule has 8 heteroatoms. The third-order valence-corrected chi connectivity index (χ3v) is 1.67. The van der Waals surface area contributed by atoms with E-state index in [2.05, 4.69) is 0 Å². The standard InChI is InChI=1S/C3H6F2N2O3S/c1-6(4)3(8)7(2)11(5,9)10/h1-2H3. The first kappa shape index (κ1) is 10.1. The van der Waals surface area contributed by atoms with Crippen LogP contribution in [0.2, 0.25) is 0 Å². The Morgan fingerprint density at radius 3 is 1.82 bits per heavy atom. The van der Waals surface area contributed by atoms with Crippen LogP contribution < -0.4 is 0 Å². The summed E-state index contributed by atoms with van der Waals surface area (Å²) in [5, 5.41) is -0.545. The molecule has 0 aliphatic heterocycles. The second kappa shape index (κ2) is 2.99. The highest BCUT2D eigenvalue weighted by Crippen LogP contribution is 2.02. The molecule has 0 aromatic carbocycles. The number of hydrogen-bond acceptors (Lipinski definition) is 3. The summed E-state index contributed by atoms with van der Waals surface area (Å²) >= 11 is 0. The zero-order chi connectivity index (χ0) is 9.23. The number of carbonyl (C=O) groups excluding carboxylic acids is 1. The maximum absolute atomic E-state index is 11.9. The second-order valence-corrected chi connectivity index (χ2v) is 3.04. The molecule has 0 rings (SSSR count). The average Bonchev–Trinajstić information content (AvgIpc) is 1.82. The second-order valence-electron chi connectivity index (χ2n) is 1.67. The van der Waals surface area contributed by atoms with Crippen LogP contribution in [0, 0.1) is 0 Å². The van der Waals surface area contributed by atoms with E-state index < -0.39 is 21.6 Å². The number of hydrogen-bond donors (Lipinski definition) is 0. The first-order chi connectivity index (χ1) is 4.76. The summed E-state index contributed by atoms with van der Waals surface area (Å²) in [5.74, 6) is 0. The van der Waals surface area contributed by atoms with Gasteiger partial charge in [-0.05, 0) is 0 Å². The molecule has 0 fully saturated rings.